The second-order valence-corrected chi connectivity index (χ2v) is 9.01. The molecular weight excluding hydrogens is 366 g/mol. The Bertz CT molecular complexity index is 719. The molecule has 21 heavy (non-hydrogen) atoms. The second-order valence-electron chi connectivity index (χ2n) is 5.56. The number of aliphatic imine (C=N–C) groups is 1. The second kappa shape index (κ2) is 5.01. The minimum Gasteiger partial charge on any atom is -0.386 e. The predicted molar refractivity (Wildman–Crippen MR) is 81.2 cm³/mol. The molecule has 0 aromatic heterocycles. The van der Waals surface area contributed by atoms with Crippen LogP contribution in [0, 0.1) is 5.82 Å². The highest BCUT2D eigenvalue weighted by atomic mass is 79.9. The van der Waals surface area contributed by atoms with Crippen molar-refractivity contribution in [3.8, 4) is 0 Å². The first kappa shape index (κ1) is 16.4. The lowest BCUT2D eigenvalue weighted by Crippen LogP contribution is -2.56. The van der Waals surface area contributed by atoms with Crippen LogP contribution in [0.3, 0.4) is 0 Å². The molecule has 0 bridgehead atoms. The summed E-state index contributed by atoms with van der Waals surface area (Å²) >= 11 is 3.16. The van der Waals surface area contributed by atoms with Crippen molar-refractivity contribution in [2.45, 2.75) is 24.1 Å². The first-order valence-corrected chi connectivity index (χ1v) is 8.60. The summed E-state index contributed by atoms with van der Waals surface area (Å²) in [4.78, 5) is 4.03. The summed E-state index contributed by atoms with van der Waals surface area (Å²) in [5.41, 5.74) is 3.77. The lowest BCUT2D eigenvalue weighted by Gasteiger charge is -2.38. The Balaban J connectivity index is 2.75. The van der Waals surface area contributed by atoms with Crippen molar-refractivity contribution in [2.24, 2.45) is 10.7 Å². The third kappa shape index (κ3) is 2.48. The van der Waals surface area contributed by atoms with E-state index in [1.807, 2.05) is 0 Å². The first-order chi connectivity index (χ1) is 9.56. The van der Waals surface area contributed by atoms with Crippen molar-refractivity contribution in [3.63, 3.8) is 0 Å². The maximum Gasteiger partial charge on any atom is 0.165 e. The van der Waals surface area contributed by atoms with E-state index < -0.39 is 38.4 Å². The summed E-state index contributed by atoms with van der Waals surface area (Å²) in [7, 11) is -3.79. The van der Waals surface area contributed by atoms with Gasteiger partial charge in [-0.05, 0) is 32.0 Å². The van der Waals surface area contributed by atoms with Gasteiger partial charge >= 0.3 is 0 Å². The predicted octanol–water partition coefficient (Wildman–Crippen LogP) is 2.32. The van der Waals surface area contributed by atoms with Crippen molar-refractivity contribution >= 4 is 31.6 Å². The van der Waals surface area contributed by atoms with Crippen LogP contribution in [0.2, 0.25) is 0 Å². The molecule has 1 aromatic rings. The molecule has 0 saturated carbocycles. The molecule has 1 aliphatic rings. The van der Waals surface area contributed by atoms with E-state index in [1.54, 1.807) is 0 Å². The smallest absolute Gasteiger partial charge is 0.165 e. The summed E-state index contributed by atoms with van der Waals surface area (Å²) in [6.45, 7) is 1.65. The fourth-order valence-corrected chi connectivity index (χ4v) is 4.20. The van der Waals surface area contributed by atoms with Crippen molar-refractivity contribution < 1.29 is 17.2 Å². The number of rotatable bonds is 2. The van der Waals surface area contributed by atoms with Gasteiger partial charge in [0.15, 0.2) is 9.84 Å². The number of sulfone groups is 1. The summed E-state index contributed by atoms with van der Waals surface area (Å²) in [5.74, 6) is -1.56. The third-order valence-corrected chi connectivity index (χ3v) is 6.92. The van der Waals surface area contributed by atoms with Crippen LogP contribution in [0.5, 0.6) is 0 Å². The molecule has 1 atom stereocenters. The molecular formula is C13H15BrF2N2O2S. The van der Waals surface area contributed by atoms with Crippen LogP contribution < -0.4 is 5.73 Å². The number of nitrogens with two attached hydrogens (primary N) is 1. The van der Waals surface area contributed by atoms with Crippen LogP contribution in [0.4, 0.5) is 8.78 Å². The van der Waals surface area contributed by atoms with E-state index >= 15 is 0 Å². The number of halogens is 3. The van der Waals surface area contributed by atoms with E-state index in [0.29, 0.717) is 4.47 Å². The number of alkyl halides is 1. The maximum atomic E-state index is 14.1. The molecule has 4 nitrogen and oxygen atoms in total. The van der Waals surface area contributed by atoms with Crippen LogP contribution >= 0.6 is 15.9 Å². The van der Waals surface area contributed by atoms with E-state index in [-0.39, 0.29) is 11.4 Å². The van der Waals surface area contributed by atoms with Crippen molar-refractivity contribution in [1.29, 1.82) is 0 Å². The topological polar surface area (TPSA) is 72.5 Å². The molecule has 0 spiro atoms. The average molecular weight is 381 g/mol. The van der Waals surface area contributed by atoms with Crippen molar-refractivity contribution in [3.05, 3.63) is 34.1 Å². The van der Waals surface area contributed by atoms with Gasteiger partial charge in [-0.1, -0.05) is 15.9 Å². The van der Waals surface area contributed by atoms with Crippen LogP contribution in [0.25, 0.3) is 0 Å². The maximum absolute atomic E-state index is 14.1. The molecule has 0 radical (unpaired) electrons. The van der Waals surface area contributed by atoms with Gasteiger partial charge in [-0.2, -0.15) is 0 Å². The highest BCUT2D eigenvalue weighted by Gasteiger charge is 2.51. The van der Waals surface area contributed by atoms with E-state index in [1.165, 1.54) is 26.0 Å². The summed E-state index contributed by atoms with van der Waals surface area (Å²) in [5, 5.41) is 0. The van der Waals surface area contributed by atoms with Crippen LogP contribution in [0.15, 0.2) is 27.7 Å². The molecule has 1 heterocycles. The van der Waals surface area contributed by atoms with E-state index in [4.69, 9.17) is 5.73 Å². The molecule has 0 fully saturated rings. The minimum atomic E-state index is -3.79. The van der Waals surface area contributed by atoms with E-state index in [9.17, 15) is 17.2 Å². The van der Waals surface area contributed by atoms with Gasteiger partial charge < -0.3 is 5.73 Å². The van der Waals surface area contributed by atoms with Crippen LogP contribution in [-0.2, 0) is 15.4 Å². The first-order valence-electron chi connectivity index (χ1n) is 6.15. The minimum absolute atomic E-state index is 0.124. The average Bonchev–Trinajstić information content (AvgIpc) is 2.38. The zero-order valence-corrected chi connectivity index (χ0v) is 13.9. The standard InChI is InChI=1S/C13H15BrF2N2O2S/c1-12(2)11(17)18-13(6-15,7-21(12,19)20)9-5-8(14)3-4-10(9)16/h3-5H,6-7H2,1-2H3,(H2,17,18)/t13-/m1/s1. The molecule has 0 aliphatic carbocycles. The normalized spacial score (nSPS) is 27.2. The molecule has 0 amide bonds. The number of amidine groups is 1. The molecule has 0 saturated heterocycles. The molecule has 2 N–H and O–H groups in total. The Kier molecular flexibility index (Phi) is 3.90. The molecule has 8 heteroatoms. The van der Waals surface area contributed by atoms with Gasteiger partial charge in [0.1, 0.15) is 28.6 Å². The van der Waals surface area contributed by atoms with Gasteiger partial charge in [-0.15, -0.1) is 0 Å². The van der Waals surface area contributed by atoms with Gasteiger partial charge in [0.05, 0.1) is 5.75 Å². The largest absolute Gasteiger partial charge is 0.386 e. The lowest BCUT2D eigenvalue weighted by molar-refractivity contribution is 0.323. The third-order valence-electron chi connectivity index (χ3n) is 3.81. The van der Waals surface area contributed by atoms with Gasteiger partial charge in [-0.3, -0.25) is 4.99 Å². The molecule has 2 rings (SSSR count). The van der Waals surface area contributed by atoms with Crippen LogP contribution in [0.1, 0.15) is 19.4 Å². The van der Waals surface area contributed by atoms with Gasteiger partial charge in [0, 0.05) is 10.0 Å². The van der Waals surface area contributed by atoms with Crippen molar-refractivity contribution in [1.82, 2.24) is 0 Å². The number of nitrogens with zero attached hydrogens (tertiary/aromatic N) is 1. The SMILES string of the molecule is CC1(C)C(N)=N[C@@](CF)(c2cc(Br)ccc2F)CS1(=O)=O. The highest BCUT2D eigenvalue weighted by molar-refractivity contribution is 9.10. The quantitative estimate of drug-likeness (QED) is 0.855. The van der Waals surface area contributed by atoms with Gasteiger partial charge in [0.2, 0.25) is 0 Å². The van der Waals surface area contributed by atoms with Gasteiger partial charge in [0.25, 0.3) is 0 Å². The Hall–Kier alpha value is -1.02. The molecule has 0 unspecified atom stereocenters. The Morgan fingerprint density at radius 3 is 2.57 bits per heavy atom. The zero-order valence-electron chi connectivity index (χ0n) is 11.5. The van der Waals surface area contributed by atoms with Crippen LogP contribution in [-0.4, -0.2) is 31.4 Å². The highest BCUT2D eigenvalue weighted by Crippen LogP contribution is 2.39. The van der Waals surface area contributed by atoms with E-state index in [2.05, 4.69) is 20.9 Å². The monoisotopic (exact) mass is 380 g/mol. The summed E-state index contributed by atoms with van der Waals surface area (Å²) in [6.07, 6.45) is 0. The van der Waals surface area contributed by atoms with Gasteiger partial charge in [-0.25, -0.2) is 17.2 Å². The number of hydrogen-bond donors (Lipinski definition) is 1. The number of benzene rings is 1. The zero-order chi connectivity index (χ0) is 16.1. The van der Waals surface area contributed by atoms with E-state index in [0.717, 1.165) is 6.07 Å². The molecule has 1 aliphatic heterocycles. The fourth-order valence-electron chi connectivity index (χ4n) is 2.18. The Labute approximate surface area is 130 Å². The lowest BCUT2D eigenvalue weighted by atomic mass is 9.92. The number of hydrogen-bond acceptors (Lipinski definition) is 4. The molecule has 116 valence electrons. The summed E-state index contributed by atoms with van der Waals surface area (Å²) < 4.78 is 51.7. The fraction of sp³-hybridized carbons (Fsp3) is 0.462. The summed E-state index contributed by atoms with van der Waals surface area (Å²) in [6, 6.07) is 3.91. The Morgan fingerprint density at radius 2 is 2.05 bits per heavy atom. The Morgan fingerprint density at radius 1 is 1.43 bits per heavy atom. The molecule has 1 aromatic carbocycles. The van der Waals surface area contributed by atoms with Crippen molar-refractivity contribution in [2.75, 3.05) is 12.4 Å².